The number of nitrogens with two attached hydrogens (primary N) is 1. The maximum atomic E-state index is 10.3. The monoisotopic (exact) mass is 188 g/mol. The molecule has 0 radical (unpaired) electrons. The molecular formula is C11H12N2O. The summed E-state index contributed by atoms with van der Waals surface area (Å²) in [6.45, 7) is 0. The van der Waals surface area contributed by atoms with Gasteiger partial charge in [-0.2, -0.15) is 0 Å². The van der Waals surface area contributed by atoms with Crippen LogP contribution in [0.2, 0.25) is 0 Å². The second-order valence-corrected chi connectivity index (χ2v) is 2.74. The first-order valence-corrected chi connectivity index (χ1v) is 4.22. The third-order valence-corrected chi connectivity index (χ3v) is 1.75. The molecule has 72 valence electrons. The van der Waals surface area contributed by atoms with Crippen molar-refractivity contribution in [1.29, 1.82) is 0 Å². The summed E-state index contributed by atoms with van der Waals surface area (Å²) < 4.78 is 0. The molecule has 0 aliphatic rings. The van der Waals surface area contributed by atoms with Crippen molar-refractivity contribution >= 4 is 12.0 Å². The van der Waals surface area contributed by atoms with Gasteiger partial charge in [0, 0.05) is 7.05 Å². The topological polar surface area (TPSA) is 55.4 Å². The van der Waals surface area contributed by atoms with E-state index in [1.807, 2.05) is 30.3 Å². The largest absolute Gasteiger partial charge is 0.396 e. The Bertz CT molecular complexity index is 366. The number of nitrogens with zero attached hydrogens (tertiary/aromatic N) is 1. The maximum Gasteiger partial charge on any atom is 0.165 e. The highest BCUT2D eigenvalue weighted by Crippen LogP contribution is 2.02. The molecule has 0 heterocycles. The molecule has 0 aliphatic heterocycles. The lowest BCUT2D eigenvalue weighted by molar-refractivity contribution is -0.104. The number of hydrogen-bond donors (Lipinski definition) is 1. The van der Waals surface area contributed by atoms with Gasteiger partial charge < -0.3 is 5.73 Å². The summed E-state index contributed by atoms with van der Waals surface area (Å²) in [5, 5.41) is 0. The number of aldehydes is 1. The maximum absolute atomic E-state index is 10.3. The minimum absolute atomic E-state index is 0.175. The Kier molecular flexibility index (Phi) is 3.61. The van der Waals surface area contributed by atoms with Crippen molar-refractivity contribution in [3.63, 3.8) is 0 Å². The van der Waals surface area contributed by atoms with Crippen LogP contribution in [0.1, 0.15) is 5.56 Å². The van der Waals surface area contributed by atoms with E-state index in [1.54, 1.807) is 13.1 Å². The van der Waals surface area contributed by atoms with Gasteiger partial charge in [0.05, 0.1) is 11.4 Å². The number of allylic oxidation sites excluding steroid dienone is 2. The van der Waals surface area contributed by atoms with Crippen LogP contribution >= 0.6 is 0 Å². The molecule has 0 amide bonds. The van der Waals surface area contributed by atoms with Crippen molar-refractivity contribution < 1.29 is 4.79 Å². The van der Waals surface area contributed by atoms with Gasteiger partial charge in [-0.3, -0.25) is 9.79 Å². The van der Waals surface area contributed by atoms with Crippen molar-refractivity contribution in [2.75, 3.05) is 7.05 Å². The first-order chi connectivity index (χ1) is 6.77. The molecule has 0 spiro atoms. The lowest BCUT2D eigenvalue weighted by Gasteiger charge is -1.99. The van der Waals surface area contributed by atoms with Crippen LogP contribution < -0.4 is 5.73 Å². The minimum atomic E-state index is 0.175. The average molecular weight is 188 g/mol. The lowest BCUT2D eigenvalue weighted by Crippen LogP contribution is -2.04. The van der Waals surface area contributed by atoms with E-state index in [0.29, 0.717) is 12.0 Å². The zero-order valence-electron chi connectivity index (χ0n) is 7.97. The predicted octanol–water partition coefficient (Wildman–Crippen LogP) is 1.15. The lowest BCUT2D eigenvalue weighted by atomic mass is 10.1. The van der Waals surface area contributed by atoms with Crippen LogP contribution in [0.3, 0.4) is 0 Å². The fourth-order valence-electron chi connectivity index (χ4n) is 1.08. The van der Waals surface area contributed by atoms with Crippen molar-refractivity contribution in [2.45, 2.75) is 0 Å². The number of aliphatic imine (C=N–C) groups is 1. The first-order valence-electron chi connectivity index (χ1n) is 4.22. The molecular weight excluding hydrogens is 176 g/mol. The summed E-state index contributed by atoms with van der Waals surface area (Å²) in [5.41, 5.74) is 7.22. The highest BCUT2D eigenvalue weighted by atomic mass is 16.1. The third kappa shape index (κ3) is 2.55. The molecule has 0 saturated heterocycles. The predicted molar refractivity (Wildman–Crippen MR) is 57.2 cm³/mol. The second kappa shape index (κ2) is 4.97. The van der Waals surface area contributed by atoms with Crippen LogP contribution in [0.25, 0.3) is 0 Å². The molecule has 2 N–H and O–H groups in total. The smallest absolute Gasteiger partial charge is 0.165 e. The van der Waals surface area contributed by atoms with Crippen LogP contribution in [-0.4, -0.2) is 19.0 Å². The molecule has 0 aliphatic carbocycles. The zero-order chi connectivity index (χ0) is 10.4. The number of benzene rings is 1. The molecule has 3 heteroatoms. The molecule has 14 heavy (non-hydrogen) atoms. The highest BCUT2D eigenvalue weighted by Gasteiger charge is 1.98. The summed E-state index contributed by atoms with van der Waals surface area (Å²) >= 11 is 0. The molecule has 0 unspecified atom stereocenters. The van der Waals surface area contributed by atoms with Crippen molar-refractivity contribution in [3.05, 3.63) is 47.7 Å². The number of rotatable bonds is 3. The SMILES string of the molecule is CN=C(/C=C(\N)C=O)c1ccccc1. The van der Waals surface area contributed by atoms with Crippen molar-refractivity contribution in [3.8, 4) is 0 Å². The Morgan fingerprint density at radius 1 is 1.36 bits per heavy atom. The molecule has 1 aromatic rings. The molecule has 0 aromatic heterocycles. The quantitative estimate of drug-likeness (QED) is 0.439. The van der Waals surface area contributed by atoms with E-state index in [4.69, 9.17) is 5.73 Å². The summed E-state index contributed by atoms with van der Waals surface area (Å²) in [4.78, 5) is 14.4. The molecule has 1 aromatic carbocycles. The molecule has 0 fully saturated rings. The average Bonchev–Trinajstić information content (AvgIpc) is 2.26. The van der Waals surface area contributed by atoms with E-state index in [1.165, 1.54) is 0 Å². The van der Waals surface area contributed by atoms with E-state index in [-0.39, 0.29) is 5.70 Å². The molecule has 0 bridgehead atoms. The van der Waals surface area contributed by atoms with E-state index < -0.39 is 0 Å². The fraction of sp³-hybridized carbons (Fsp3) is 0.0909. The van der Waals surface area contributed by atoms with E-state index in [9.17, 15) is 4.79 Å². The number of hydrogen-bond acceptors (Lipinski definition) is 3. The Hall–Kier alpha value is -1.90. The van der Waals surface area contributed by atoms with E-state index in [0.717, 1.165) is 5.56 Å². The van der Waals surface area contributed by atoms with Crippen molar-refractivity contribution in [1.82, 2.24) is 0 Å². The normalized spacial score (nSPS) is 12.6. The molecule has 0 saturated carbocycles. The van der Waals surface area contributed by atoms with Gasteiger partial charge in [0.1, 0.15) is 0 Å². The first kappa shape index (κ1) is 10.2. The minimum Gasteiger partial charge on any atom is -0.396 e. The van der Waals surface area contributed by atoms with Gasteiger partial charge in [-0.1, -0.05) is 30.3 Å². The van der Waals surface area contributed by atoms with E-state index in [2.05, 4.69) is 4.99 Å². The standard InChI is InChI=1S/C11H12N2O/c1-13-11(7-10(12)8-14)9-5-3-2-4-6-9/h2-8H,12H2,1H3/b10-7-,13-11?. The van der Waals surface area contributed by atoms with Gasteiger partial charge in [0.25, 0.3) is 0 Å². The van der Waals surface area contributed by atoms with E-state index >= 15 is 0 Å². The van der Waals surface area contributed by atoms with Crippen LogP contribution in [0.5, 0.6) is 0 Å². The summed E-state index contributed by atoms with van der Waals surface area (Å²) in [6, 6.07) is 9.56. The summed E-state index contributed by atoms with van der Waals surface area (Å²) in [5.74, 6) is 0. The van der Waals surface area contributed by atoms with Crippen LogP contribution in [-0.2, 0) is 4.79 Å². The zero-order valence-corrected chi connectivity index (χ0v) is 7.97. The van der Waals surface area contributed by atoms with Crippen molar-refractivity contribution in [2.24, 2.45) is 10.7 Å². The molecule has 1 rings (SSSR count). The van der Waals surface area contributed by atoms with Gasteiger partial charge in [0.15, 0.2) is 6.29 Å². The Morgan fingerprint density at radius 2 is 2.00 bits per heavy atom. The Labute approximate surface area is 83.0 Å². The number of carbonyl (C=O) groups excluding carboxylic acids is 1. The fourth-order valence-corrected chi connectivity index (χ4v) is 1.08. The Balaban J connectivity index is 3.02. The van der Waals surface area contributed by atoms with Gasteiger partial charge in [-0.05, 0) is 11.6 Å². The second-order valence-electron chi connectivity index (χ2n) is 2.74. The van der Waals surface area contributed by atoms with Crippen LogP contribution in [0.15, 0.2) is 47.1 Å². The Morgan fingerprint density at radius 3 is 2.50 bits per heavy atom. The highest BCUT2D eigenvalue weighted by molar-refractivity contribution is 6.10. The van der Waals surface area contributed by atoms with Crippen LogP contribution in [0.4, 0.5) is 0 Å². The third-order valence-electron chi connectivity index (χ3n) is 1.75. The summed E-state index contributed by atoms with van der Waals surface area (Å²) in [6.07, 6.45) is 2.16. The van der Waals surface area contributed by atoms with Gasteiger partial charge in [0.2, 0.25) is 0 Å². The molecule has 3 nitrogen and oxygen atoms in total. The number of carbonyl (C=O) groups is 1. The van der Waals surface area contributed by atoms with Crippen LogP contribution in [0, 0.1) is 0 Å². The molecule has 0 atom stereocenters. The van der Waals surface area contributed by atoms with Gasteiger partial charge in [-0.25, -0.2) is 0 Å². The van der Waals surface area contributed by atoms with Gasteiger partial charge >= 0.3 is 0 Å². The van der Waals surface area contributed by atoms with Gasteiger partial charge in [-0.15, -0.1) is 0 Å². The summed E-state index contributed by atoms with van der Waals surface area (Å²) in [7, 11) is 1.66.